The summed E-state index contributed by atoms with van der Waals surface area (Å²) in [6.45, 7) is 8.93. The maximum absolute atomic E-state index is 13.1. The van der Waals surface area contributed by atoms with Gasteiger partial charge in [-0.1, -0.05) is 66.2 Å². The van der Waals surface area contributed by atoms with Crippen LogP contribution in [0.15, 0.2) is 24.3 Å². The zero-order valence-electron chi connectivity index (χ0n) is 18.8. The lowest BCUT2D eigenvalue weighted by atomic mass is 10.0. The number of benzene rings is 1. The molecular formula is C22H38FO6P. The van der Waals surface area contributed by atoms with Gasteiger partial charge in [0.05, 0.1) is 13.2 Å². The Morgan fingerprint density at radius 1 is 0.833 bits per heavy atom. The van der Waals surface area contributed by atoms with Gasteiger partial charge in [0.1, 0.15) is 11.6 Å². The van der Waals surface area contributed by atoms with Gasteiger partial charge >= 0.3 is 7.82 Å². The third-order valence-electron chi connectivity index (χ3n) is 5.01. The first-order valence-corrected chi connectivity index (χ1v) is 12.6. The second kappa shape index (κ2) is 15.8. The third kappa shape index (κ3) is 11.4. The van der Waals surface area contributed by atoms with Crippen LogP contribution >= 0.6 is 7.82 Å². The SMILES string of the molecule is CCCCC(CC)COOP(=O)(OOCC(CC)CCCC)Oc1ccc(F)cc1. The average Bonchev–Trinajstić information content (AvgIpc) is 2.74. The van der Waals surface area contributed by atoms with E-state index in [-0.39, 0.29) is 30.8 Å². The van der Waals surface area contributed by atoms with Gasteiger partial charge in [0.2, 0.25) is 0 Å². The molecule has 2 unspecified atom stereocenters. The summed E-state index contributed by atoms with van der Waals surface area (Å²) in [5.74, 6) is 0.255. The minimum absolute atomic E-state index is 0.128. The van der Waals surface area contributed by atoms with Crippen molar-refractivity contribution in [1.82, 2.24) is 0 Å². The first kappa shape index (κ1) is 27.1. The molecule has 0 aliphatic heterocycles. The first-order valence-electron chi connectivity index (χ1n) is 11.1. The zero-order valence-corrected chi connectivity index (χ0v) is 19.7. The average molecular weight is 449 g/mol. The Kier molecular flexibility index (Phi) is 14.2. The van der Waals surface area contributed by atoms with Crippen molar-refractivity contribution in [1.29, 1.82) is 0 Å². The second-order valence-corrected chi connectivity index (χ2v) is 8.92. The molecule has 0 aromatic heterocycles. The smallest absolute Gasteiger partial charge is 0.401 e. The lowest BCUT2D eigenvalue weighted by molar-refractivity contribution is -0.285. The van der Waals surface area contributed by atoms with Gasteiger partial charge in [-0.05, 0) is 48.9 Å². The number of phosphoric acid groups is 1. The van der Waals surface area contributed by atoms with Crippen LogP contribution in [0.4, 0.5) is 4.39 Å². The van der Waals surface area contributed by atoms with Crippen molar-refractivity contribution in [2.24, 2.45) is 11.8 Å². The molecule has 1 aromatic rings. The van der Waals surface area contributed by atoms with Crippen molar-refractivity contribution < 1.29 is 32.6 Å². The van der Waals surface area contributed by atoms with Crippen LogP contribution in [-0.4, -0.2) is 13.2 Å². The summed E-state index contributed by atoms with van der Waals surface area (Å²) in [7, 11) is -4.21. The molecule has 174 valence electrons. The molecule has 0 N–H and O–H groups in total. The highest BCUT2D eigenvalue weighted by Crippen LogP contribution is 2.50. The molecule has 0 heterocycles. The molecule has 8 heteroatoms. The fourth-order valence-corrected chi connectivity index (χ4v) is 3.69. The van der Waals surface area contributed by atoms with Crippen LogP contribution in [0.3, 0.4) is 0 Å². The molecule has 1 aromatic carbocycles. The van der Waals surface area contributed by atoms with Crippen LogP contribution in [0.2, 0.25) is 0 Å². The van der Waals surface area contributed by atoms with Crippen molar-refractivity contribution in [2.45, 2.75) is 79.1 Å². The van der Waals surface area contributed by atoms with Gasteiger partial charge < -0.3 is 4.52 Å². The molecule has 0 amide bonds. The zero-order chi connectivity index (χ0) is 22.2. The summed E-state index contributed by atoms with van der Waals surface area (Å²) >= 11 is 0. The molecule has 0 aliphatic carbocycles. The maximum atomic E-state index is 13.1. The molecule has 1 rings (SSSR count). The Balaban J connectivity index is 2.67. The summed E-state index contributed by atoms with van der Waals surface area (Å²) in [6, 6.07) is 5.05. The Morgan fingerprint density at radius 3 is 1.70 bits per heavy atom. The van der Waals surface area contributed by atoms with E-state index in [2.05, 4.69) is 27.7 Å². The molecule has 2 atom stereocenters. The molecule has 30 heavy (non-hydrogen) atoms. The van der Waals surface area contributed by atoms with Crippen LogP contribution in [-0.2, 0) is 23.7 Å². The van der Waals surface area contributed by atoms with Crippen LogP contribution < -0.4 is 4.52 Å². The van der Waals surface area contributed by atoms with Gasteiger partial charge in [-0.15, -0.1) is 9.35 Å². The van der Waals surface area contributed by atoms with E-state index in [9.17, 15) is 8.96 Å². The summed E-state index contributed by atoms with van der Waals surface area (Å²) in [4.78, 5) is 10.5. The lowest BCUT2D eigenvalue weighted by Crippen LogP contribution is -2.13. The monoisotopic (exact) mass is 448 g/mol. The van der Waals surface area contributed by atoms with Crippen molar-refractivity contribution in [3.8, 4) is 5.75 Å². The number of halogens is 1. The molecular weight excluding hydrogens is 410 g/mol. The highest BCUT2D eigenvalue weighted by atomic mass is 31.2. The predicted molar refractivity (Wildman–Crippen MR) is 115 cm³/mol. The van der Waals surface area contributed by atoms with E-state index in [4.69, 9.17) is 23.6 Å². The Hall–Kier alpha value is -0.980. The molecule has 0 aliphatic rings. The van der Waals surface area contributed by atoms with E-state index in [1.165, 1.54) is 24.3 Å². The van der Waals surface area contributed by atoms with E-state index in [0.29, 0.717) is 0 Å². The predicted octanol–water partition coefficient (Wildman–Crippen LogP) is 7.64. The number of rotatable bonds is 18. The molecule has 0 fully saturated rings. The quantitative estimate of drug-likeness (QED) is 0.131. The fourth-order valence-electron chi connectivity index (χ4n) is 2.85. The van der Waals surface area contributed by atoms with E-state index >= 15 is 0 Å². The molecule has 0 saturated heterocycles. The molecule has 0 radical (unpaired) electrons. The van der Waals surface area contributed by atoms with Gasteiger partial charge in [-0.2, -0.15) is 0 Å². The van der Waals surface area contributed by atoms with E-state index in [1.54, 1.807) is 0 Å². The molecule has 6 nitrogen and oxygen atoms in total. The fraction of sp³-hybridized carbons (Fsp3) is 0.727. The number of hydrogen-bond donors (Lipinski definition) is 0. The second-order valence-electron chi connectivity index (χ2n) is 7.54. The van der Waals surface area contributed by atoms with Crippen molar-refractivity contribution in [3.63, 3.8) is 0 Å². The van der Waals surface area contributed by atoms with Crippen molar-refractivity contribution in [2.75, 3.05) is 13.2 Å². The molecule has 0 spiro atoms. The van der Waals surface area contributed by atoms with Crippen molar-refractivity contribution >= 4 is 7.82 Å². The highest BCUT2D eigenvalue weighted by Gasteiger charge is 2.33. The number of unbranched alkanes of at least 4 members (excludes halogenated alkanes) is 2. The van der Waals surface area contributed by atoms with Gasteiger partial charge in [-0.3, -0.25) is 0 Å². The van der Waals surface area contributed by atoms with Gasteiger partial charge in [0, 0.05) is 0 Å². The van der Waals surface area contributed by atoms with Crippen LogP contribution in [0, 0.1) is 17.7 Å². The first-order chi connectivity index (χ1) is 14.5. The maximum Gasteiger partial charge on any atom is 0.585 e. The van der Waals surface area contributed by atoms with E-state index < -0.39 is 13.6 Å². The van der Waals surface area contributed by atoms with Crippen LogP contribution in [0.1, 0.15) is 79.1 Å². The van der Waals surface area contributed by atoms with Gasteiger partial charge in [-0.25, -0.2) is 18.7 Å². The standard InChI is InChI=1S/C22H38FO6P/c1-5-9-11-19(7-3)17-25-28-30(24,27-22-15-13-21(23)14-16-22)29-26-18-20(8-4)12-10-6-2/h13-16,19-20H,5-12,17-18H2,1-4H3. The van der Waals surface area contributed by atoms with Crippen molar-refractivity contribution in [3.05, 3.63) is 30.1 Å². The molecule has 0 saturated carbocycles. The van der Waals surface area contributed by atoms with E-state index in [0.717, 1.165) is 51.4 Å². The highest BCUT2D eigenvalue weighted by molar-refractivity contribution is 7.48. The normalized spacial score (nSPS) is 15.5. The largest absolute Gasteiger partial charge is 0.585 e. The van der Waals surface area contributed by atoms with Crippen LogP contribution in [0.5, 0.6) is 5.75 Å². The van der Waals surface area contributed by atoms with Gasteiger partial charge in [0.15, 0.2) is 0 Å². The van der Waals surface area contributed by atoms with Crippen LogP contribution in [0.25, 0.3) is 0 Å². The van der Waals surface area contributed by atoms with E-state index in [1.807, 2.05) is 0 Å². The van der Waals surface area contributed by atoms with Gasteiger partial charge in [0.25, 0.3) is 0 Å². The third-order valence-corrected chi connectivity index (χ3v) is 6.02. The Bertz CT molecular complexity index is 572. The summed E-state index contributed by atoms with van der Waals surface area (Å²) in [6.07, 6.45) is 8.18. The minimum Gasteiger partial charge on any atom is -0.401 e. The summed E-state index contributed by atoms with van der Waals surface area (Å²) < 4.78 is 41.6. The topological polar surface area (TPSA) is 63.2 Å². The summed E-state index contributed by atoms with van der Waals surface area (Å²) in [5, 5.41) is 0. The summed E-state index contributed by atoms with van der Waals surface area (Å²) in [5.41, 5.74) is 0. The number of hydrogen-bond acceptors (Lipinski definition) is 6. The lowest BCUT2D eigenvalue weighted by Gasteiger charge is -2.20. The Labute approximate surface area is 180 Å². The minimum atomic E-state index is -4.21. The molecule has 0 bridgehead atoms. The Morgan fingerprint density at radius 2 is 1.30 bits per heavy atom.